The molecule has 0 unspecified atom stereocenters. The van der Waals surface area contributed by atoms with Crippen LogP contribution in [0.5, 0.6) is 0 Å². The molecule has 1 aliphatic rings. The minimum Gasteiger partial charge on any atom is -0.480 e. The number of hydrogen-bond donors (Lipinski definition) is 1. The van der Waals surface area contributed by atoms with Crippen LogP contribution in [0, 0.1) is 0 Å². The van der Waals surface area contributed by atoms with E-state index in [1.807, 2.05) is 37.2 Å². The van der Waals surface area contributed by atoms with E-state index in [-0.39, 0.29) is 5.56 Å². The summed E-state index contributed by atoms with van der Waals surface area (Å²) in [6.07, 6.45) is 0.621. The highest BCUT2D eigenvalue weighted by atomic mass is 32.2. The van der Waals surface area contributed by atoms with E-state index in [2.05, 4.69) is 24.3 Å². The number of pyridine rings is 1. The van der Waals surface area contributed by atoms with Crippen LogP contribution in [0.3, 0.4) is 0 Å². The lowest BCUT2D eigenvalue weighted by atomic mass is 9.98. The second-order valence-electron chi connectivity index (χ2n) is 6.91. The molecule has 1 aromatic heterocycles. The number of carboxylic acid groups (broad SMARTS) is 1. The molecule has 2 aromatic carbocycles. The molecule has 6 heteroatoms. The molecule has 0 bridgehead atoms. The first-order chi connectivity index (χ1) is 13.0. The Hall–Kier alpha value is -2.73. The standard InChI is InChI=1S/C21H20N2O3S/c1-22(2)19-15(10-14-8-5-7-13-6-3-4-9-16(13)14)11-18(24)23-17(21(25)26)12-27-20(19)23/h3-9,11,17H,10,12H2,1-2H3,(H,25,26)/t17-/m1/s1. The Bertz CT molecular complexity index is 1100. The number of aromatic nitrogens is 1. The van der Waals surface area contributed by atoms with Crippen LogP contribution in [-0.4, -0.2) is 35.5 Å². The Labute approximate surface area is 161 Å². The number of carboxylic acids is 1. The Kier molecular flexibility index (Phi) is 4.44. The molecule has 27 heavy (non-hydrogen) atoms. The number of hydrogen-bond acceptors (Lipinski definition) is 4. The zero-order valence-corrected chi connectivity index (χ0v) is 16.0. The molecule has 138 valence electrons. The first-order valence-corrected chi connectivity index (χ1v) is 9.74. The molecule has 0 fully saturated rings. The number of nitrogens with zero attached hydrogens (tertiary/aromatic N) is 2. The van der Waals surface area contributed by atoms with E-state index >= 15 is 0 Å². The van der Waals surface area contributed by atoms with E-state index in [1.54, 1.807) is 6.07 Å². The van der Waals surface area contributed by atoms with Gasteiger partial charge in [0.1, 0.15) is 11.1 Å². The molecule has 0 aliphatic carbocycles. The summed E-state index contributed by atoms with van der Waals surface area (Å²) in [6.45, 7) is 0. The van der Waals surface area contributed by atoms with Gasteiger partial charge in [-0.2, -0.15) is 0 Å². The maximum Gasteiger partial charge on any atom is 0.327 e. The van der Waals surface area contributed by atoms with Crippen LogP contribution in [-0.2, 0) is 11.2 Å². The molecule has 0 amide bonds. The van der Waals surface area contributed by atoms with Gasteiger partial charge in [-0.15, -0.1) is 11.8 Å². The number of rotatable bonds is 4. The highest BCUT2D eigenvalue weighted by Gasteiger charge is 2.33. The van der Waals surface area contributed by atoms with Gasteiger partial charge in [0.15, 0.2) is 0 Å². The van der Waals surface area contributed by atoms with E-state index in [4.69, 9.17) is 0 Å². The largest absolute Gasteiger partial charge is 0.480 e. The van der Waals surface area contributed by atoms with Crippen LogP contribution < -0.4 is 10.5 Å². The van der Waals surface area contributed by atoms with Gasteiger partial charge in [0, 0.05) is 32.3 Å². The van der Waals surface area contributed by atoms with Crippen molar-refractivity contribution in [2.24, 2.45) is 0 Å². The van der Waals surface area contributed by atoms with Gasteiger partial charge in [0.25, 0.3) is 5.56 Å². The van der Waals surface area contributed by atoms with Gasteiger partial charge >= 0.3 is 5.97 Å². The van der Waals surface area contributed by atoms with Crippen molar-refractivity contribution >= 4 is 34.2 Å². The van der Waals surface area contributed by atoms with Crippen molar-refractivity contribution in [1.29, 1.82) is 0 Å². The van der Waals surface area contributed by atoms with E-state index in [1.165, 1.54) is 27.1 Å². The van der Waals surface area contributed by atoms with E-state index < -0.39 is 12.0 Å². The first kappa shape index (κ1) is 17.7. The lowest BCUT2D eigenvalue weighted by Gasteiger charge is -2.22. The second kappa shape index (κ2) is 6.78. The van der Waals surface area contributed by atoms with Gasteiger partial charge in [-0.1, -0.05) is 42.5 Å². The highest BCUT2D eigenvalue weighted by molar-refractivity contribution is 7.99. The topological polar surface area (TPSA) is 62.5 Å². The molecule has 0 radical (unpaired) electrons. The third-order valence-corrected chi connectivity index (χ3v) is 6.09. The van der Waals surface area contributed by atoms with Gasteiger partial charge in [-0.05, 0) is 21.9 Å². The summed E-state index contributed by atoms with van der Waals surface area (Å²) in [6, 6.07) is 15.2. The molecule has 4 rings (SSSR count). The maximum atomic E-state index is 12.7. The SMILES string of the molecule is CN(C)c1c(Cc2cccc3ccccc23)cc(=O)n2c1SC[C@@H]2C(=O)O. The monoisotopic (exact) mass is 380 g/mol. The highest BCUT2D eigenvalue weighted by Crippen LogP contribution is 2.40. The van der Waals surface area contributed by atoms with Gasteiger partial charge < -0.3 is 10.0 Å². The predicted octanol–water partition coefficient (Wildman–Crippen LogP) is 3.39. The Morgan fingerprint density at radius 3 is 2.67 bits per heavy atom. The van der Waals surface area contributed by atoms with Crippen LogP contribution in [0.25, 0.3) is 10.8 Å². The molecular weight excluding hydrogens is 360 g/mol. The Morgan fingerprint density at radius 1 is 1.19 bits per heavy atom. The van der Waals surface area contributed by atoms with Crippen molar-refractivity contribution in [1.82, 2.24) is 4.57 Å². The normalized spacial score (nSPS) is 15.7. The third-order valence-electron chi connectivity index (χ3n) is 4.94. The first-order valence-electron chi connectivity index (χ1n) is 8.75. The van der Waals surface area contributed by atoms with Crippen LogP contribution in [0.15, 0.2) is 58.4 Å². The van der Waals surface area contributed by atoms with E-state index in [0.717, 1.165) is 21.8 Å². The molecule has 1 atom stereocenters. The predicted molar refractivity (Wildman–Crippen MR) is 109 cm³/mol. The zero-order chi connectivity index (χ0) is 19.1. The number of fused-ring (bicyclic) bond motifs is 2. The van der Waals surface area contributed by atoms with Gasteiger partial charge in [0.2, 0.25) is 0 Å². The number of thioether (sulfide) groups is 1. The van der Waals surface area contributed by atoms with E-state index in [9.17, 15) is 14.7 Å². The molecule has 0 saturated heterocycles. The fraction of sp³-hybridized carbons (Fsp3) is 0.238. The Morgan fingerprint density at radius 2 is 1.93 bits per heavy atom. The minimum absolute atomic E-state index is 0.247. The molecular formula is C21H20N2O3S. The number of carbonyl (C=O) groups is 1. The van der Waals surface area contributed by atoms with Crippen molar-refractivity contribution in [3.63, 3.8) is 0 Å². The third kappa shape index (κ3) is 3.00. The van der Waals surface area contributed by atoms with Crippen LogP contribution in [0.2, 0.25) is 0 Å². The molecule has 0 saturated carbocycles. The average Bonchev–Trinajstić information content (AvgIpc) is 3.07. The van der Waals surface area contributed by atoms with Gasteiger partial charge in [0.05, 0.1) is 5.69 Å². The zero-order valence-electron chi connectivity index (χ0n) is 15.2. The quantitative estimate of drug-likeness (QED) is 0.752. The van der Waals surface area contributed by atoms with Crippen molar-refractivity contribution in [3.05, 3.63) is 70.0 Å². The van der Waals surface area contributed by atoms with Crippen molar-refractivity contribution in [2.45, 2.75) is 17.5 Å². The maximum absolute atomic E-state index is 12.7. The summed E-state index contributed by atoms with van der Waals surface area (Å²) >= 11 is 1.44. The summed E-state index contributed by atoms with van der Waals surface area (Å²) in [4.78, 5) is 26.3. The lowest BCUT2D eigenvalue weighted by molar-refractivity contribution is -0.140. The summed E-state index contributed by atoms with van der Waals surface area (Å²) < 4.78 is 1.43. The minimum atomic E-state index is -0.963. The summed E-state index contributed by atoms with van der Waals surface area (Å²) in [5.41, 5.74) is 2.75. The number of benzene rings is 2. The van der Waals surface area contributed by atoms with Crippen molar-refractivity contribution in [3.8, 4) is 0 Å². The van der Waals surface area contributed by atoms with E-state index in [0.29, 0.717) is 12.2 Å². The molecule has 0 spiro atoms. The van der Waals surface area contributed by atoms with Crippen LogP contribution in [0.1, 0.15) is 17.2 Å². The molecule has 5 nitrogen and oxygen atoms in total. The van der Waals surface area contributed by atoms with Crippen molar-refractivity contribution in [2.75, 3.05) is 24.7 Å². The van der Waals surface area contributed by atoms with Crippen molar-refractivity contribution < 1.29 is 9.90 Å². The van der Waals surface area contributed by atoms with Crippen LogP contribution >= 0.6 is 11.8 Å². The second-order valence-corrected chi connectivity index (χ2v) is 7.91. The summed E-state index contributed by atoms with van der Waals surface area (Å²) in [5.74, 6) is -0.585. The smallest absolute Gasteiger partial charge is 0.327 e. The van der Waals surface area contributed by atoms with Gasteiger partial charge in [-0.3, -0.25) is 9.36 Å². The molecule has 3 aromatic rings. The fourth-order valence-electron chi connectivity index (χ4n) is 3.75. The number of anilines is 1. The molecule has 1 aliphatic heterocycles. The number of aliphatic carboxylic acids is 1. The lowest BCUT2D eigenvalue weighted by Crippen LogP contribution is -2.30. The van der Waals surface area contributed by atoms with Gasteiger partial charge in [-0.25, -0.2) is 4.79 Å². The Balaban J connectivity index is 1.88. The summed E-state index contributed by atoms with van der Waals surface area (Å²) in [7, 11) is 3.86. The van der Waals surface area contributed by atoms with Crippen LogP contribution in [0.4, 0.5) is 5.69 Å². The summed E-state index contributed by atoms with van der Waals surface area (Å²) in [5, 5.41) is 12.5. The molecule has 2 heterocycles. The molecule has 1 N–H and O–H groups in total. The fourth-order valence-corrected chi connectivity index (χ4v) is 5.16. The average molecular weight is 380 g/mol.